The summed E-state index contributed by atoms with van der Waals surface area (Å²) in [6.07, 6.45) is 1.45. The zero-order chi connectivity index (χ0) is 12.8. The molecule has 0 aliphatic heterocycles. The molecule has 1 aromatic carbocycles. The van der Waals surface area contributed by atoms with Gasteiger partial charge in [0.25, 0.3) is 0 Å². The minimum absolute atomic E-state index is 0.337. The number of nitrogens with zero attached hydrogens (tertiary/aromatic N) is 1. The zero-order valence-electron chi connectivity index (χ0n) is 10.5. The van der Waals surface area contributed by atoms with E-state index in [0.29, 0.717) is 24.2 Å². The van der Waals surface area contributed by atoms with E-state index in [4.69, 9.17) is 10.00 Å². The second kappa shape index (κ2) is 6.05. The molecule has 90 valence electrons. The van der Waals surface area contributed by atoms with Crippen LogP contribution in [0.3, 0.4) is 0 Å². The first-order chi connectivity index (χ1) is 8.17. The van der Waals surface area contributed by atoms with Crippen LogP contribution in [0.15, 0.2) is 12.1 Å². The average Bonchev–Trinajstić information content (AvgIpc) is 2.37. The molecule has 0 amide bonds. The topological polar surface area (TPSA) is 50.1 Å². The molecule has 0 spiro atoms. The Morgan fingerprint density at radius 3 is 2.47 bits per heavy atom. The van der Waals surface area contributed by atoms with Crippen LogP contribution in [0.5, 0.6) is 0 Å². The van der Waals surface area contributed by atoms with Crippen molar-refractivity contribution in [1.29, 1.82) is 5.26 Å². The van der Waals surface area contributed by atoms with Crippen molar-refractivity contribution in [2.75, 3.05) is 6.61 Å². The van der Waals surface area contributed by atoms with Gasteiger partial charge in [-0.3, -0.25) is 0 Å². The Morgan fingerprint density at radius 1 is 1.29 bits per heavy atom. The third-order valence-electron chi connectivity index (χ3n) is 2.69. The maximum absolute atomic E-state index is 11.8. The molecule has 0 aliphatic carbocycles. The first-order valence-corrected chi connectivity index (χ1v) is 5.90. The molecule has 0 heterocycles. The lowest BCUT2D eigenvalue weighted by molar-refractivity contribution is 0.0525. The Labute approximate surface area is 102 Å². The first-order valence-electron chi connectivity index (χ1n) is 5.90. The molecule has 0 saturated heterocycles. The lowest BCUT2D eigenvalue weighted by Gasteiger charge is -2.11. The van der Waals surface area contributed by atoms with E-state index in [1.807, 2.05) is 26.0 Å². The molecule has 0 saturated carbocycles. The highest BCUT2D eigenvalue weighted by molar-refractivity contribution is 5.92. The predicted octanol–water partition coefficient (Wildman–Crippen LogP) is 2.86. The van der Waals surface area contributed by atoms with Crippen LogP contribution >= 0.6 is 0 Å². The second-order valence-corrected chi connectivity index (χ2v) is 3.71. The Kier molecular flexibility index (Phi) is 4.71. The first kappa shape index (κ1) is 13.2. The molecular weight excluding hydrogens is 214 g/mol. The van der Waals surface area contributed by atoms with Gasteiger partial charge in [0.15, 0.2) is 0 Å². The fraction of sp³-hybridized carbons (Fsp3) is 0.429. The van der Waals surface area contributed by atoms with Crippen LogP contribution in [0.2, 0.25) is 0 Å². The number of hydrogen-bond acceptors (Lipinski definition) is 3. The van der Waals surface area contributed by atoms with Crippen LogP contribution in [-0.4, -0.2) is 12.6 Å². The van der Waals surface area contributed by atoms with Crippen molar-refractivity contribution in [2.24, 2.45) is 0 Å². The minimum atomic E-state index is -0.337. The van der Waals surface area contributed by atoms with Gasteiger partial charge < -0.3 is 4.74 Å². The Bertz CT molecular complexity index is 458. The Morgan fingerprint density at radius 2 is 2.00 bits per heavy atom. The molecule has 1 rings (SSSR count). The number of rotatable bonds is 4. The van der Waals surface area contributed by atoms with Gasteiger partial charge in [0, 0.05) is 0 Å². The summed E-state index contributed by atoms with van der Waals surface area (Å²) < 4.78 is 5.02. The highest BCUT2D eigenvalue weighted by atomic mass is 16.5. The SMILES string of the molecule is CCOC(=O)c1cc(CC)cc(C#N)c1CC. The third-order valence-corrected chi connectivity index (χ3v) is 2.69. The molecule has 3 heteroatoms. The highest BCUT2D eigenvalue weighted by Gasteiger charge is 2.16. The highest BCUT2D eigenvalue weighted by Crippen LogP contribution is 2.19. The van der Waals surface area contributed by atoms with Crippen LogP contribution < -0.4 is 0 Å². The van der Waals surface area contributed by atoms with Crippen molar-refractivity contribution in [3.63, 3.8) is 0 Å². The van der Waals surface area contributed by atoms with Gasteiger partial charge in [-0.1, -0.05) is 13.8 Å². The van der Waals surface area contributed by atoms with E-state index in [2.05, 4.69) is 6.07 Å². The van der Waals surface area contributed by atoms with Crippen molar-refractivity contribution >= 4 is 5.97 Å². The normalized spacial score (nSPS) is 9.76. The Hall–Kier alpha value is -1.82. The summed E-state index contributed by atoms with van der Waals surface area (Å²) in [4.78, 5) is 11.8. The number of aryl methyl sites for hydroxylation is 1. The quantitative estimate of drug-likeness (QED) is 0.749. The molecule has 0 atom stereocenters. The van der Waals surface area contributed by atoms with Crippen LogP contribution in [0.25, 0.3) is 0 Å². The zero-order valence-corrected chi connectivity index (χ0v) is 10.5. The monoisotopic (exact) mass is 231 g/mol. The molecular formula is C14H17NO2. The molecule has 0 unspecified atom stereocenters. The van der Waals surface area contributed by atoms with E-state index in [1.165, 1.54) is 0 Å². The van der Waals surface area contributed by atoms with Crippen LogP contribution in [0, 0.1) is 11.3 Å². The van der Waals surface area contributed by atoms with E-state index in [9.17, 15) is 4.79 Å². The number of ether oxygens (including phenoxy) is 1. The molecule has 0 radical (unpaired) electrons. The fourth-order valence-electron chi connectivity index (χ4n) is 1.81. The number of carbonyl (C=O) groups excluding carboxylic acids is 1. The molecule has 0 aromatic heterocycles. The van der Waals surface area contributed by atoms with E-state index < -0.39 is 0 Å². The van der Waals surface area contributed by atoms with Crippen LogP contribution in [0.1, 0.15) is 47.8 Å². The smallest absolute Gasteiger partial charge is 0.338 e. The van der Waals surface area contributed by atoms with Crippen molar-refractivity contribution < 1.29 is 9.53 Å². The summed E-state index contributed by atoms with van der Waals surface area (Å²) in [6, 6.07) is 5.83. The summed E-state index contributed by atoms with van der Waals surface area (Å²) in [6.45, 7) is 6.06. The molecule has 17 heavy (non-hydrogen) atoms. The maximum Gasteiger partial charge on any atom is 0.338 e. The van der Waals surface area contributed by atoms with E-state index in [1.54, 1.807) is 6.92 Å². The van der Waals surface area contributed by atoms with Gasteiger partial charge in [0.1, 0.15) is 0 Å². The van der Waals surface area contributed by atoms with E-state index in [0.717, 1.165) is 17.5 Å². The summed E-state index contributed by atoms with van der Waals surface area (Å²) >= 11 is 0. The summed E-state index contributed by atoms with van der Waals surface area (Å²) in [5.74, 6) is -0.337. The van der Waals surface area contributed by atoms with Gasteiger partial charge >= 0.3 is 5.97 Å². The number of carbonyl (C=O) groups is 1. The average molecular weight is 231 g/mol. The molecule has 0 N–H and O–H groups in total. The van der Waals surface area contributed by atoms with Crippen molar-refractivity contribution in [2.45, 2.75) is 33.6 Å². The van der Waals surface area contributed by atoms with Crippen molar-refractivity contribution in [1.82, 2.24) is 0 Å². The maximum atomic E-state index is 11.8. The van der Waals surface area contributed by atoms with E-state index in [-0.39, 0.29) is 5.97 Å². The summed E-state index contributed by atoms with van der Waals surface area (Å²) in [7, 11) is 0. The Balaban J connectivity index is 3.35. The van der Waals surface area contributed by atoms with E-state index >= 15 is 0 Å². The van der Waals surface area contributed by atoms with Gasteiger partial charge in [-0.05, 0) is 43.0 Å². The van der Waals surface area contributed by atoms with Gasteiger partial charge in [-0.2, -0.15) is 5.26 Å². The van der Waals surface area contributed by atoms with Crippen LogP contribution in [0.4, 0.5) is 0 Å². The van der Waals surface area contributed by atoms with Crippen LogP contribution in [-0.2, 0) is 17.6 Å². The minimum Gasteiger partial charge on any atom is -0.462 e. The van der Waals surface area contributed by atoms with Gasteiger partial charge in [0.05, 0.1) is 23.8 Å². The molecule has 0 bridgehead atoms. The molecule has 0 aliphatic rings. The lowest BCUT2D eigenvalue weighted by atomic mass is 9.95. The second-order valence-electron chi connectivity index (χ2n) is 3.71. The molecule has 3 nitrogen and oxygen atoms in total. The van der Waals surface area contributed by atoms with Crippen molar-refractivity contribution in [3.8, 4) is 6.07 Å². The predicted molar refractivity (Wildman–Crippen MR) is 65.9 cm³/mol. The summed E-state index contributed by atoms with van der Waals surface area (Å²) in [5, 5.41) is 9.10. The largest absolute Gasteiger partial charge is 0.462 e. The van der Waals surface area contributed by atoms with Gasteiger partial charge in [-0.15, -0.1) is 0 Å². The van der Waals surface area contributed by atoms with Crippen molar-refractivity contribution in [3.05, 3.63) is 34.4 Å². The number of hydrogen-bond donors (Lipinski definition) is 0. The number of nitriles is 1. The fourth-order valence-corrected chi connectivity index (χ4v) is 1.81. The lowest BCUT2D eigenvalue weighted by Crippen LogP contribution is -2.10. The van der Waals surface area contributed by atoms with Gasteiger partial charge in [0.2, 0.25) is 0 Å². The summed E-state index contributed by atoms with van der Waals surface area (Å²) in [5.41, 5.74) is 2.88. The molecule has 1 aromatic rings. The number of benzene rings is 1. The molecule has 0 fully saturated rings. The number of esters is 1. The van der Waals surface area contributed by atoms with Gasteiger partial charge in [-0.25, -0.2) is 4.79 Å². The standard InChI is InChI=1S/C14H17NO2/c1-4-10-7-11(9-15)12(5-2)13(8-10)14(16)17-6-3/h7-8H,4-6H2,1-3H3. The third kappa shape index (κ3) is 2.85.